The van der Waals surface area contributed by atoms with Crippen LogP contribution in [0.3, 0.4) is 0 Å². The minimum Gasteiger partial charge on any atom is -0.489 e. The highest BCUT2D eigenvalue weighted by Crippen LogP contribution is 2.27. The Morgan fingerprint density at radius 3 is 2.66 bits per heavy atom. The predicted octanol–water partition coefficient (Wildman–Crippen LogP) is 1.87. The summed E-state index contributed by atoms with van der Waals surface area (Å²) in [4.78, 5) is -0.0538. The first kappa shape index (κ1) is 19.3. The zero-order valence-electron chi connectivity index (χ0n) is 15.4. The van der Waals surface area contributed by atoms with E-state index >= 15 is 0 Å². The highest BCUT2D eigenvalue weighted by Gasteiger charge is 2.28. The number of sulfonamides is 1. The van der Waals surface area contributed by atoms with Gasteiger partial charge in [-0.25, -0.2) is 8.42 Å². The van der Waals surface area contributed by atoms with Crippen molar-refractivity contribution < 1.29 is 22.8 Å². The van der Waals surface area contributed by atoms with Crippen molar-refractivity contribution in [1.82, 2.24) is 0 Å². The van der Waals surface area contributed by atoms with Crippen LogP contribution in [0.5, 0.6) is 5.75 Å². The number of anilines is 2. The largest absolute Gasteiger partial charge is 0.491 e. The highest BCUT2D eigenvalue weighted by atomic mass is 32.2. The van der Waals surface area contributed by atoms with Gasteiger partial charge in [-0.05, 0) is 40.9 Å². The van der Waals surface area contributed by atoms with E-state index in [-0.39, 0.29) is 10.6 Å². The molecular formula is C20H19BN2O5S. The second kappa shape index (κ2) is 7.78. The first-order valence-electron chi connectivity index (χ1n) is 8.94. The molecule has 0 unspecified atom stereocenters. The average molecular weight is 410 g/mol. The Kier molecular flexibility index (Phi) is 5.19. The number of hydrogen-bond acceptors (Lipinski definition) is 6. The molecule has 1 aliphatic rings. The van der Waals surface area contributed by atoms with Crippen molar-refractivity contribution in [3.05, 3.63) is 77.9 Å². The van der Waals surface area contributed by atoms with Crippen LogP contribution in [-0.4, -0.2) is 20.6 Å². The fourth-order valence-corrected chi connectivity index (χ4v) is 4.25. The Morgan fingerprint density at radius 2 is 1.90 bits per heavy atom. The van der Waals surface area contributed by atoms with Crippen LogP contribution in [0.2, 0.25) is 0 Å². The summed E-state index contributed by atoms with van der Waals surface area (Å²) in [6.45, 7) is 0.644. The van der Waals surface area contributed by atoms with Gasteiger partial charge in [0.15, 0.2) is 0 Å². The van der Waals surface area contributed by atoms with Crippen molar-refractivity contribution in [3.63, 3.8) is 0 Å². The zero-order chi connectivity index (χ0) is 20.4. The molecule has 0 saturated carbocycles. The lowest BCUT2D eigenvalue weighted by molar-refractivity contribution is 0.275. The summed E-state index contributed by atoms with van der Waals surface area (Å²) < 4.78 is 38.8. The van der Waals surface area contributed by atoms with Gasteiger partial charge in [0.2, 0.25) is 0 Å². The summed E-state index contributed by atoms with van der Waals surface area (Å²) in [5, 5.41) is 9.80. The Morgan fingerprint density at radius 1 is 1.10 bits per heavy atom. The Balaban J connectivity index is 1.50. The van der Waals surface area contributed by atoms with Gasteiger partial charge < -0.3 is 20.1 Å². The zero-order valence-corrected chi connectivity index (χ0v) is 16.2. The van der Waals surface area contributed by atoms with E-state index in [2.05, 4.69) is 4.72 Å². The van der Waals surface area contributed by atoms with E-state index in [1.54, 1.807) is 24.3 Å². The number of nitrogens with two attached hydrogens (primary N) is 1. The summed E-state index contributed by atoms with van der Waals surface area (Å²) in [6.07, 6.45) is 0. The van der Waals surface area contributed by atoms with E-state index in [0.29, 0.717) is 30.1 Å². The topological polar surface area (TPSA) is 111 Å². The van der Waals surface area contributed by atoms with Gasteiger partial charge in [-0.1, -0.05) is 36.4 Å². The maximum Gasteiger partial charge on any atom is 0.491 e. The summed E-state index contributed by atoms with van der Waals surface area (Å²) in [5.41, 5.74) is 8.73. The van der Waals surface area contributed by atoms with Crippen LogP contribution in [0, 0.1) is 0 Å². The molecular weight excluding hydrogens is 391 g/mol. The molecule has 0 bridgehead atoms. The van der Waals surface area contributed by atoms with Crippen molar-refractivity contribution in [2.45, 2.75) is 18.1 Å². The summed E-state index contributed by atoms with van der Waals surface area (Å²) in [6, 6.07) is 19.0. The number of nitrogen functional groups attached to an aromatic ring is 1. The van der Waals surface area contributed by atoms with Gasteiger partial charge >= 0.3 is 7.12 Å². The maximum absolute atomic E-state index is 12.8. The van der Waals surface area contributed by atoms with Gasteiger partial charge in [0.05, 0.1) is 12.3 Å². The number of fused-ring (bicyclic) bond motifs is 1. The van der Waals surface area contributed by atoms with Crippen LogP contribution < -0.4 is 20.7 Å². The molecule has 0 atom stereocenters. The lowest BCUT2D eigenvalue weighted by Crippen LogP contribution is -2.28. The standard InChI is InChI=1S/C20H19BN2O5S/c22-19-11-17(27-12-14-4-2-1-3-5-14)8-9-20(19)29(25,26)23-16-7-6-15-13-28-21(24)18(15)10-16/h1-11,23-24H,12-13,22H2. The average Bonchev–Trinajstić information content (AvgIpc) is 3.07. The van der Waals surface area contributed by atoms with E-state index in [1.807, 2.05) is 30.3 Å². The van der Waals surface area contributed by atoms with E-state index < -0.39 is 17.1 Å². The molecule has 0 amide bonds. The SMILES string of the molecule is Nc1cc(OCc2ccccc2)ccc1S(=O)(=O)Nc1ccc2c(c1)B(O)OC2. The van der Waals surface area contributed by atoms with Gasteiger partial charge in [-0.3, -0.25) is 4.72 Å². The van der Waals surface area contributed by atoms with Crippen LogP contribution in [0.25, 0.3) is 0 Å². The van der Waals surface area contributed by atoms with Crippen molar-refractivity contribution in [3.8, 4) is 5.75 Å². The Bertz CT molecular complexity index is 1140. The van der Waals surface area contributed by atoms with E-state index in [1.165, 1.54) is 12.1 Å². The molecule has 3 aromatic carbocycles. The molecule has 0 saturated heterocycles. The van der Waals surface area contributed by atoms with E-state index in [9.17, 15) is 13.4 Å². The number of rotatable bonds is 6. The van der Waals surface area contributed by atoms with Gasteiger partial charge in [-0.15, -0.1) is 0 Å². The molecule has 0 fully saturated rings. The number of benzene rings is 3. The lowest BCUT2D eigenvalue weighted by atomic mass is 9.79. The minimum absolute atomic E-state index is 0.0538. The van der Waals surface area contributed by atoms with Gasteiger partial charge in [-0.2, -0.15) is 0 Å². The van der Waals surface area contributed by atoms with Crippen LogP contribution >= 0.6 is 0 Å². The minimum atomic E-state index is -3.92. The molecule has 0 aromatic heterocycles. The lowest BCUT2D eigenvalue weighted by Gasteiger charge is -2.13. The third-order valence-corrected chi connectivity index (χ3v) is 6.04. The van der Waals surface area contributed by atoms with Crippen molar-refractivity contribution in [2.24, 2.45) is 0 Å². The third-order valence-electron chi connectivity index (χ3n) is 4.58. The van der Waals surface area contributed by atoms with Crippen molar-refractivity contribution in [2.75, 3.05) is 10.5 Å². The summed E-state index contributed by atoms with van der Waals surface area (Å²) >= 11 is 0. The molecule has 3 aromatic rings. The van der Waals surface area contributed by atoms with Gasteiger partial charge in [0, 0.05) is 11.8 Å². The molecule has 4 rings (SSSR count). The molecule has 1 heterocycles. The van der Waals surface area contributed by atoms with Crippen LogP contribution in [0.15, 0.2) is 71.6 Å². The fourth-order valence-electron chi connectivity index (χ4n) is 3.09. The van der Waals surface area contributed by atoms with Crippen LogP contribution in [0.1, 0.15) is 11.1 Å². The molecule has 29 heavy (non-hydrogen) atoms. The second-order valence-electron chi connectivity index (χ2n) is 6.66. The second-order valence-corrected chi connectivity index (χ2v) is 8.31. The molecule has 1 aliphatic heterocycles. The normalized spacial score (nSPS) is 13.2. The quantitative estimate of drug-likeness (QED) is 0.423. The van der Waals surface area contributed by atoms with Crippen LogP contribution in [0.4, 0.5) is 11.4 Å². The summed E-state index contributed by atoms with van der Waals surface area (Å²) in [5.74, 6) is 0.475. The monoisotopic (exact) mass is 410 g/mol. The number of hydrogen-bond donors (Lipinski definition) is 3. The smallest absolute Gasteiger partial charge is 0.489 e. The Hall–Kier alpha value is -3.01. The fraction of sp³-hybridized carbons (Fsp3) is 0.100. The molecule has 0 spiro atoms. The third kappa shape index (κ3) is 4.22. The van der Waals surface area contributed by atoms with Crippen molar-refractivity contribution >= 4 is 34.0 Å². The molecule has 0 radical (unpaired) electrons. The highest BCUT2D eigenvalue weighted by molar-refractivity contribution is 7.92. The molecule has 148 valence electrons. The molecule has 7 nitrogen and oxygen atoms in total. The number of ether oxygens (including phenoxy) is 1. The van der Waals surface area contributed by atoms with Crippen molar-refractivity contribution in [1.29, 1.82) is 0 Å². The first-order chi connectivity index (χ1) is 13.9. The maximum atomic E-state index is 12.8. The predicted molar refractivity (Wildman–Crippen MR) is 111 cm³/mol. The summed E-state index contributed by atoms with van der Waals surface area (Å²) in [7, 11) is -4.97. The van der Waals surface area contributed by atoms with Gasteiger partial charge in [0.25, 0.3) is 10.0 Å². The Labute approximate surface area is 169 Å². The molecule has 9 heteroatoms. The van der Waals surface area contributed by atoms with E-state index in [4.69, 9.17) is 15.1 Å². The molecule has 0 aliphatic carbocycles. The number of nitrogens with one attached hydrogen (secondary N) is 1. The first-order valence-corrected chi connectivity index (χ1v) is 10.4. The molecule has 4 N–H and O–H groups in total. The van der Waals surface area contributed by atoms with Gasteiger partial charge in [0.1, 0.15) is 17.3 Å². The van der Waals surface area contributed by atoms with E-state index in [0.717, 1.165) is 11.1 Å². The van der Waals surface area contributed by atoms with Crippen LogP contribution in [-0.2, 0) is 27.9 Å².